The van der Waals surface area contributed by atoms with Crippen LogP contribution in [0.15, 0.2) is 0 Å². The molecule has 0 aromatic heterocycles. The SMILES string of the molecule is CCC(C)(C)CNC(=S)N(CN(C(=S)NCC(C)(C)CC)S(=O)(=O)O)S(=O)(=O)O. The molecule has 0 unspecified atom stereocenters. The van der Waals surface area contributed by atoms with E-state index in [1.807, 2.05) is 41.5 Å². The van der Waals surface area contributed by atoms with Gasteiger partial charge in [-0.25, -0.2) is 8.61 Å². The fourth-order valence-electron chi connectivity index (χ4n) is 1.66. The van der Waals surface area contributed by atoms with E-state index in [9.17, 15) is 25.9 Å². The van der Waals surface area contributed by atoms with E-state index in [2.05, 4.69) is 10.6 Å². The van der Waals surface area contributed by atoms with Gasteiger partial charge in [0.15, 0.2) is 10.2 Å². The first kappa shape index (κ1) is 28.2. The highest BCUT2D eigenvalue weighted by Gasteiger charge is 2.32. The van der Waals surface area contributed by atoms with Crippen molar-refractivity contribution in [1.82, 2.24) is 19.2 Å². The zero-order valence-electron chi connectivity index (χ0n) is 17.6. The van der Waals surface area contributed by atoms with Gasteiger partial charge in [0, 0.05) is 13.1 Å². The Labute approximate surface area is 185 Å². The van der Waals surface area contributed by atoms with E-state index >= 15 is 0 Å². The summed E-state index contributed by atoms with van der Waals surface area (Å²) in [6, 6.07) is 0. The lowest BCUT2D eigenvalue weighted by atomic mass is 9.90. The van der Waals surface area contributed by atoms with Crippen LogP contribution < -0.4 is 10.6 Å². The second-order valence-corrected chi connectivity index (χ2v) is 11.6. The Morgan fingerprint density at radius 2 is 1.07 bits per heavy atom. The van der Waals surface area contributed by atoms with Crippen LogP contribution in [0.4, 0.5) is 0 Å². The molecule has 172 valence electrons. The monoisotopic (exact) mass is 492 g/mol. The fourth-order valence-corrected chi connectivity index (χ4v) is 3.63. The summed E-state index contributed by atoms with van der Waals surface area (Å²) in [6.45, 7) is 11.0. The van der Waals surface area contributed by atoms with E-state index in [-0.39, 0.29) is 32.5 Å². The lowest BCUT2D eigenvalue weighted by Crippen LogP contribution is -2.55. The minimum atomic E-state index is -4.95. The molecule has 0 aliphatic heterocycles. The molecule has 0 aliphatic carbocycles. The van der Waals surface area contributed by atoms with E-state index in [0.717, 1.165) is 12.8 Å². The molecule has 14 heteroatoms. The maximum Gasteiger partial charge on any atom is 0.363 e. The minimum absolute atomic E-state index is 0.236. The number of rotatable bonds is 10. The maximum atomic E-state index is 11.8. The van der Waals surface area contributed by atoms with Crippen molar-refractivity contribution < 1.29 is 25.9 Å². The van der Waals surface area contributed by atoms with Crippen molar-refractivity contribution in [1.29, 1.82) is 0 Å². The Hall–Kier alpha value is -0.800. The van der Waals surface area contributed by atoms with Gasteiger partial charge in [-0.3, -0.25) is 9.11 Å². The Morgan fingerprint density at radius 3 is 1.28 bits per heavy atom. The van der Waals surface area contributed by atoms with Gasteiger partial charge in [0.05, 0.1) is 0 Å². The van der Waals surface area contributed by atoms with Crippen LogP contribution in [-0.2, 0) is 20.6 Å². The molecule has 29 heavy (non-hydrogen) atoms. The Balaban J connectivity index is 5.61. The summed E-state index contributed by atoms with van der Waals surface area (Å²) in [4.78, 5) is 0. The average Bonchev–Trinajstić information content (AvgIpc) is 2.56. The summed E-state index contributed by atoms with van der Waals surface area (Å²) in [5.74, 6) is 0. The summed E-state index contributed by atoms with van der Waals surface area (Å²) < 4.78 is 66.7. The van der Waals surface area contributed by atoms with Gasteiger partial charge in [-0.1, -0.05) is 41.5 Å². The normalized spacial score (nSPS) is 13.0. The maximum absolute atomic E-state index is 11.8. The number of thiocarbonyl (C=S) groups is 2. The molecule has 0 saturated carbocycles. The molecule has 0 saturated heterocycles. The van der Waals surface area contributed by atoms with Gasteiger partial charge in [0.1, 0.15) is 6.67 Å². The van der Waals surface area contributed by atoms with Crippen molar-refractivity contribution >= 4 is 55.3 Å². The van der Waals surface area contributed by atoms with Gasteiger partial charge in [0.2, 0.25) is 0 Å². The third kappa shape index (κ3) is 10.2. The van der Waals surface area contributed by atoms with Crippen LogP contribution in [-0.4, -0.2) is 64.5 Å². The van der Waals surface area contributed by atoms with Crippen molar-refractivity contribution in [3.05, 3.63) is 0 Å². The van der Waals surface area contributed by atoms with Crippen LogP contribution in [0.5, 0.6) is 0 Å². The zero-order chi connectivity index (χ0) is 23.3. The number of nitrogens with one attached hydrogen (secondary N) is 2. The second-order valence-electron chi connectivity index (χ2n) is 8.15. The highest BCUT2D eigenvalue weighted by molar-refractivity contribution is 7.88. The van der Waals surface area contributed by atoms with Crippen LogP contribution in [0.2, 0.25) is 0 Å². The standard InChI is InChI=1S/C15H32N4O6S4/c1-7-14(3,4)9-16-12(26)18(28(20,21)22)11-19(29(23,24)25)13(27)17-10-15(5,6)8-2/h7-11H2,1-6H3,(H,16,26)(H,17,27)(H,20,21,22)(H,23,24,25). The molecule has 10 nitrogen and oxygen atoms in total. The summed E-state index contributed by atoms with van der Waals surface area (Å²) in [7, 11) is -9.90. The molecular formula is C15H32N4O6S4. The van der Waals surface area contributed by atoms with Gasteiger partial charge in [-0.05, 0) is 48.1 Å². The molecule has 0 fully saturated rings. The molecule has 0 aromatic carbocycles. The highest BCUT2D eigenvalue weighted by atomic mass is 32.2. The summed E-state index contributed by atoms with van der Waals surface area (Å²) >= 11 is 10.0. The number of hydrogen-bond acceptors (Lipinski definition) is 6. The Bertz CT molecular complexity index is 730. The van der Waals surface area contributed by atoms with E-state index in [1.54, 1.807) is 0 Å². The molecule has 0 radical (unpaired) electrons. The third-order valence-corrected chi connectivity index (χ3v) is 7.29. The molecule has 0 aromatic rings. The van der Waals surface area contributed by atoms with Crippen molar-refractivity contribution in [2.24, 2.45) is 10.8 Å². The second kappa shape index (κ2) is 10.5. The molecular weight excluding hydrogens is 460 g/mol. The molecule has 0 heterocycles. The van der Waals surface area contributed by atoms with E-state index < -0.39 is 37.5 Å². The van der Waals surface area contributed by atoms with Crippen LogP contribution in [0.1, 0.15) is 54.4 Å². The van der Waals surface area contributed by atoms with Crippen molar-refractivity contribution in [3.8, 4) is 0 Å². The number of nitrogens with zero attached hydrogens (tertiary/aromatic N) is 2. The minimum Gasteiger partial charge on any atom is -0.361 e. The van der Waals surface area contributed by atoms with Crippen molar-refractivity contribution in [3.63, 3.8) is 0 Å². The van der Waals surface area contributed by atoms with Crippen LogP contribution in [0.25, 0.3) is 0 Å². The molecule has 4 N–H and O–H groups in total. The van der Waals surface area contributed by atoms with Gasteiger partial charge in [-0.15, -0.1) is 0 Å². The number of hydrogen-bond donors (Lipinski definition) is 4. The van der Waals surface area contributed by atoms with E-state index in [0.29, 0.717) is 0 Å². The predicted octanol–water partition coefficient (Wildman–Crippen LogP) is 1.77. The zero-order valence-corrected chi connectivity index (χ0v) is 20.9. The van der Waals surface area contributed by atoms with Crippen molar-refractivity contribution in [2.45, 2.75) is 54.4 Å². The molecule has 0 bridgehead atoms. The Kier molecular flexibility index (Phi) is 10.2. The molecule has 0 atom stereocenters. The van der Waals surface area contributed by atoms with Gasteiger partial charge < -0.3 is 10.6 Å². The van der Waals surface area contributed by atoms with Crippen LogP contribution >= 0.6 is 24.4 Å². The predicted molar refractivity (Wildman–Crippen MR) is 121 cm³/mol. The fraction of sp³-hybridized carbons (Fsp3) is 0.867. The van der Waals surface area contributed by atoms with Crippen molar-refractivity contribution in [2.75, 3.05) is 19.8 Å². The quantitative estimate of drug-likeness (QED) is 0.203. The molecule has 0 rings (SSSR count). The first-order chi connectivity index (χ1) is 12.9. The largest absolute Gasteiger partial charge is 0.363 e. The smallest absolute Gasteiger partial charge is 0.361 e. The van der Waals surface area contributed by atoms with Crippen LogP contribution in [0.3, 0.4) is 0 Å². The molecule has 0 aliphatic rings. The lowest BCUT2D eigenvalue weighted by Gasteiger charge is -2.32. The summed E-state index contributed by atoms with van der Waals surface area (Å²) in [6.07, 6.45) is 1.51. The molecule has 0 amide bonds. The lowest BCUT2D eigenvalue weighted by molar-refractivity contribution is 0.324. The third-order valence-electron chi connectivity index (χ3n) is 4.62. The van der Waals surface area contributed by atoms with Gasteiger partial charge in [0.25, 0.3) is 0 Å². The molecule has 0 spiro atoms. The van der Waals surface area contributed by atoms with Crippen LogP contribution in [0, 0.1) is 10.8 Å². The van der Waals surface area contributed by atoms with E-state index in [1.165, 1.54) is 0 Å². The topological polar surface area (TPSA) is 139 Å². The Morgan fingerprint density at radius 1 is 0.793 bits per heavy atom. The first-order valence-electron chi connectivity index (χ1n) is 8.92. The highest BCUT2D eigenvalue weighted by Crippen LogP contribution is 2.19. The van der Waals surface area contributed by atoms with Gasteiger partial charge in [-0.2, -0.15) is 16.8 Å². The summed E-state index contributed by atoms with van der Waals surface area (Å²) in [5, 5.41) is 4.52. The first-order valence-corrected chi connectivity index (χ1v) is 12.5. The van der Waals surface area contributed by atoms with E-state index in [4.69, 9.17) is 24.4 Å². The average molecular weight is 493 g/mol. The summed E-state index contributed by atoms with van der Waals surface area (Å²) in [5.41, 5.74) is -0.472. The van der Waals surface area contributed by atoms with Gasteiger partial charge >= 0.3 is 20.6 Å².